The van der Waals surface area contributed by atoms with E-state index in [1.807, 2.05) is 31.2 Å². The molecule has 1 aromatic carbocycles. The molecule has 0 atom stereocenters. The van der Waals surface area contributed by atoms with Crippen molar-refractivity contribution in [3.05, 3.63) is 35.4 Å². The summed E-state index contributed by atoms with van der Waals surface area (Å²) < 4.78 is 26.6. The molecule has 1 aliphatic carbocycles. The van der Waals surface area contributed by atoms with Gasteiger partial charge in [-0.3, -0.25) is 4.79 Å². The maximum absolute atomic E-state index is 12.3. The van der Waals surface area contributed by atoms with E-state index >= 15 is 0 Å². The Balaban J connectivity index is 1.80. The van der Waals surface area contributed by atoms with Crippen molar-refractivity contribution < 1.29 is 13.2 Å². The van der Waals surface area contributed by atoms with E-state index in [9.17, 15) is 13.2 Å². The maximum atomic E-state index is 12.3. The van der Waals surface area contributed by atoms with E-state index in [1.165, 1.54) is 5.56 Å². The van der Waals surface area contributed by atoms with Crippen LogP contribution in [0, 0.1) is 12.8 Å². The molecule has 0 bridgehead atoms. The second kappa shape index (κ2) is 8.12. The summed E-state index contributed by atoms with van der Waals surface area (Å²) in [6, 6.07) is 7.97. The highest BCUT2D eigenvalue weighted by molar-refractivity contribution is 7.90. The summed E-state index contributed by atoms with van der Waals surface area (Å²) in [7, 11) is -3.24. The molecule has 1 aromatic rings. The highest BCUT2D eigenvalue weighted by Crippen LogP contribution is 2.25. The second-order valence-corrected chi connectivity index (χ2v) is 9.17. The van der Waals surface area contributed by atoms with Crippen LogP contribution in [-0.4, -0.2) is 25.6 Å². The van der Waals surface area contributed by atoms with Crippen molar-refractivity contribution in [3.63, 3.8) is 0 Å². The first-order valence-electron chi connectivity index (χ1n) is 8.63. The van der Waals surface area contributed by atoms with E-state index in [1.54, 1.807) is 13.8 Å². The molecule has 1 saturated carbocycles. The summed E-state index contributed by atoms with van der Waals surface area (Å²) >= 11 is 0. The second-order valence-electron chi connectivity index (χ2n) is 6.90. The number of carbonyl (C=O) groups excluding carboxylic acids is 1. The number of nitrogens with one attached hydrogen (secondary N) is 2. The average molecular weight is 353 g/mol. The van der Waals surface area contributed by atoms with Gasteiger partial charge in [0.05, 0.1) is 5.25 Å². The summed E-state index contributed by atoms with van der Waals surface area (Å²) in [6.45, 7) is 5.93. The SMILES string of the molecule is Cc1ccccc1CNC(=O)C1CCC(NS(=O)(=O)C(C)C)CC1. The highest BCUT2D eigenvalue weighted by atomic mass is 32.2. The number of hydrogen-bond acceptors (Lipinski definition) is 3. The number of benzene rings is 1. The smallest absolute Gasteiger partial charge is 0.223 e. The largest absolute Gasteiger partial charge is 0.352 e. The molecule has 6 heteroatoms. The first-order chi connectivity index (χ1) is 11.3. The fourth-order valence-corrected chi connectivity index (χ4v) is 3.95. The third-order valence-corrected chi connectivity index (χ3v) is 6.67. The lowest BCUT2D eigenvalue weighted by molar-refractivity contribution is -0.126. The molecule has 2 N–H and O–H groups in total. The average Bonchev–Trinajstić information content (AvgIpc) is 2.54. The van der Waals surface area contributed by atoms with Gasteiger partial charge in [0.15, 0.2) is 0 Å². The Kier molecular flexibility index (Phi) is 6.40. The van der Waals surface area contributed by atoms with Gasteiger partial charge < -0.3 is 5.32 Å². The fourth-order valence-electron chi connectivity index (χ4n) is 2.98. The van der Waals surface area contributed by atoms with E-state index in [4.69, 9.17) is 0 Å². The van der Waals surface area contributed by atoms with E-state index in [2.05, 4.69) is 10.0 Å². The van der Waals surface area contributed by atoms with Gasteiger partial charge in [0, 0.05) is 18.5 Å². The molecule has 0 aliphatic heterocycles. The number of hydrogen-bond donors (Lipinski definition) is 2. The molecule has 0 unspecified atom stereocenters. The Bertz CT molecular complexity index is 663. The van der Waals surface area contributed by atoms with E-state index in [-0.39, 0.29) is 17.9 Å². The third kappa shape index (κ3) is 5.05. The Hall–Kier alpha value is -1.40. The lowest BCUT2D eigenvalue weighted by atomic mass is 9.86. The van der Waals surface area contributed by atoms with Gasteiger partial charge >= 0.3 is 0 Å². The Labute approximate surface area is 145 Å². The monoisotopic (exact) mass is 352 g/mol. The molecule has 0 heterocycles. The predicted molar refractivity (Wildman–Crippen MR) is 96.0 cm³/mol. The fraction of sp³-hybridized carbons (Fsp3) is 0.611. The first-order valence-corrected chi connectivity index (χ1v) is 10.2. The van der Waals surface area contributed by atoms with E-state index in [0.717, 1.165) is 18.4 Å². The predicted octanol–water partition coefficient (Wildman–Crippen LogP) is 2.50. The van der Waals surface area contributed by atoms with Gasteiger partial charge in [0.25, 0.3) is 0 Å². The number of sulfonamides is 1. The number of rotatable bonds is 6. The van der Waals surface area contributed by atoms with Crippen LogP contribution in [0.4, 0.5) is 0 Å². The molecule has 1 aliphatic rings. The quantitative estimate of drug-likeness (QED) is 0.826. The Morgan fingerprint density at radius 2 is 1.79 bits per heavy atom. The lowest BCUT2D eigenvalue weighted by Gasteiger charge is -2.28. The Morgan fingerprint density at radius 3 is 2.38 bits per heavy atom. The van der Waals surface area contributed by atoms with Gasteiger partial charge in [-0.2, -0.15) is 0 Å². The van der Waals surface area contributed by atoms with Crippen molar-refractivity contribution in [2.45, 2.75) is 64.3 Å². The topological polar surface area (TPSA) is 75.3 Å². The van der Waals surface area contributed by atoms with Crippen molar-refractivity contribution in [2.75, 3.05) is 0 Å². The zero-order valence-electron chi connectivity index (χ0n) is 14.7. The molecular formula is C18H28N2O3S. The molecule has 1 amide bonds. The van der Waals surface area contributed by atoms with Crippen LogP contribution in [0.3, 0.4) is 0 Å². The van der Waals surface area contributed by atoms with Gasteiger partial charge in [-0.15, -0.1) is 0 Å². The van der Waals surface area contributed by atoms with Crippen molar-refractivity contribution in [1.82, 2.24) is 10.0 Å². The summed E-state index contributed by atoms with van der Waals surface area (Å²) in [5.41, 5.74) is 2.30. The van der Waals surface area contributed by atoms with Gasteiger partial charge in [-0.1, -0.05) is 24.3 Å². The molecule has 5 nitrogen and oxygen atoms in total. The molecule has 0 spiro atoms. The van der Waals surface area contributed by atoms with Crippen LogP contribution in [0.15, 0.2) is 24.3 Å². The molecule has 0 radical (unpaired) electrons. The van der Waals surface area contributed by atoms with Crippen LogP contribution in [0.2, 0.25) is 0 Å². The van der Waals surface area contributed by atoms with Crippen molar-refractivity contribution in [2.24, 2.45) is 5.92 Å². The number of amides is 1. The molecule has 0 aromatic heterocycles. The van der Waals surface area contributed by atoms with Gasteiger partial charge in [-0.05, 0) is 57.6 Å². The minimum Gasteiger partial charge on any atom is -0.352 e. The molecule has 134 valence electrons. The van der Waals surface area contributed by atoms with Crippen LogP contribution < -0.4 is 10.0 Å². The molecule has 0 saturated heterocycles. The summed E-state index contributed by atoms with van der Waals surface area (Å²) in [5, 5.41) is 2.59. The van der Waals surface area contributed by atoms with Crippen LogP contribution in [0.1, 0.15) is 50.7 Å². The number of carbonyl (C=O) groups is 1. The number of aryl methyl sites for hydroxylation is 1. The van der Waals surface area contributed by atoms with Crippen molar-refractivity contribution in [1.29, 1.82) is 0 Å². The maximum Gasteiger partial charge on any atom is 0.223 e. The van der Waals surface area contributed by atoms with Crippen LogP contribution in [0.25, 0.3) is 0 Å². The molecular weight excluding hydrogens is 324 g/mol. The minimum absolute atomic E-state index is 0.0196. The Morgan fingerprint density at radius 1 is 1.17 bits per heavy atom. The first kappa shape index (κ1) is 18.9. The zero-order chi connectivity index (χ0) is 17.7. The molecule has 1 fully saturated rings. The molecule has 24 heavy (non-hydrogen) atoms. The minimum atomic E-state index is -3.24. The normalized spacial score (nSPS) is 21.7. The summed E-state index contributed by atoms with van der Waals surface area (Å²) in [6.07, 6.45) is 2.89. The summed E-state index contributed by atoms with van der Waals surface area (Å²) in [5.74, 6) is 0.0530. The van der Waals surface area contributed by atoms with E-state index in [0.29, 0.717) is 19.4 Å². The van der Waals surface area contributed by atoms with Gasteiger partial charge in [0.2, 0.25) is 15.9 Å². The van der Waals surface area contributed by atoms with E-state index < -0.39 is 15.3 Å². The highest BCUT2D eigenvalue weighted by Gasteiger charge is 2.29. The zero-order valence-corrected chi connectivity index (χ0v) is 15.5. The van der Waals surface area contributed by atoms with Gasteiger partial charge in [-0.25, -0.2) is 13.1 Å². The lowest BCUT2D eigenvalue weighted by Crippen LogP contribution is -2.43. The van der Waals surface area contributed by atoms with Crippen molar-refractivity contribution >= 4 is 15.9 Å². The summed E-state index contributed by atoms with van der Waals surface area (Å²) in [4.78, 5) is 12.3. The molecule has 2 rings (SSSR count). The van der Waals surface area contributed by atoms with Gasteiger partial charge in [0.1, 0.15) is 0 Å². The van der Waals surface area contributed by atoms with Crippen molar-refractivity contribution in [3.8, 4) is 0 Å². The standard InChI is InChI=1S/C18H28N2O3S/c1-13(2)24(22,23)20-17-10-8-15(9-11-17)18(21)19-12-16-7-5-4-6-14(16)3/h4-7,13,15,17,20H,8-12H2,1-3H3,(H,19,21). The van der Waals surface area contributed by atoms with Crippen LogP contribution >= 0.6 is 0 Å². The third-order valence-electron chi connectivity index (χ3n) is 4.76. The van der Waals surface area contributed by atoms with Crippen LogP contribution in [0.5, 0.6) is 0 Å². The van der Waals surface area contributed by atoms with Crippen LogP contribution in [-0.2, 0) is 21.4 Å².